The first-order valence-corrected chi connectivity index (χ1v) is 7.04. The van der Waals surface area contributed by atoms with Gasteiger partial charge in [-0.15, -0.1) is 0 Å². The number of rotatable bonds is 1. The third-order valence-electron chi connectivity index (χ3n) is 3.84. The fourth-order valence-corrected chi connectivity index (χ4v) is 3.28. The first-order chi connectivity index (χ1) is 7.18. The SMILES string of the molecule is CC1CCCC(N2CCC(Br)C2=O)CC1. The second-order valence-electron chi connectivity index (χ2n) is 5.06. The van der Waals surface area contributed by atoms with Crippen LogP contribution in [0.15, 0.2) is 0 Å². The Bertz CT molecular complexity index is 244. The lowest BCUT2D eigenvalue weighted by Gasteiger charge is -2.26. The predicted molar refractivity (Wildman–Crippen MR) is 65.1 cm³/mol. The molecule has 1 amide bonds. The second kappa shape index (κ2) is 4.86. The first-order valence-electron chi connectivity index (χ1n) is 6.13. The molecule has 3 atom stereocenters. The van der Waals surface area contributed by atoms with Gasteiger partial charge < -0.3 is 4.90 Å². The number of halogens is 1. The van der Waals surface area contributed by atoms with Crippen LogP contribution in [0.2, 0.25) is 0 Å². The summed E-state index contributed by atoms with van der Waals surface area (Å²) < 4.78 is 0. The number of nitrogens with zero attached hydrogens (tertiary/aromatic N) is 1. The Morgan fingerprint density at radius 1 is 1.20 bits per heavy atom. The number of alkyl halides is 1. The van der Waals surface area contributed by atoms with Gasteiger partial charge in [0.1, 0.15) is 0 Å². The Kier molecular flexibility index (Phi) is 3.70. The maximum Gasteiger partial charge on any atom is 0.236 e. The van der Waals surface area contributed by atoms with Gasteiger partial charge in [-0.1, -0.05) is 35.7 Å². The van der Waals surface area contributed by atoms with Crippen LogP contribution in [0.1, 0.15) is 45.4 Å². The highest BCUT2D eigenvalue weighted by molar-refractivity contribution is 9.10. The molecule has 86 valence electrons. The highest BCUT2D eigenvalue weighted by atomic mass is 79.9. The van der Waals surface area contributed by atoms with E-state index in [-0.39, 0.29) is 4.83 Å². The molecule has 1 aliphatic carbocycles. The maximum atomic E-state index is 11.9. The summed E-state index contributed by atoms with van der Waals surface area (Å²) in [6, 6.07) is 0.532. The molecule has 0 aromatic carbocycles. The summed E-state index contributed by atoms with van der Waals surface area (Å²) in [4.78, 5) is 14.1. The van der Waals surface area contributed by atoms with E-state index in [0.717, 1.165) is 18.9 Å². The molecule has 1 aliphatic heterocycles. The average Bonchev–Trinajstić information content (AvgIpc) is 2.43. The van der Waals surface area contributed by atoms with Crippen molar-refractivity contribution in [2.45, 2.75) is 56.3 Å². The molecule has 0 spiro atoms. The second-order valence-corrected chi connectivity index (χ2v) is 6.16. The van der Waals surface area contributed by atoms with Gasteiger partial charge in [0.25, 0.3) is 0 Å². The van der Waals surface area contributed by atoms with Crippen molar-refractivity contribution >= 4 is 21.8 Å². The Morgan fingerprint density at radius 2 is 2.00 bits per heavy atom. The van der Waals surface area contributed by atoms with Crippen molar-refractivity contribution in [3.05, 3.63) is 0 Å². The fraction of sp³-hybridized carbons (Fsp3) is 0.917. The molecule has 2 aliphatic rings. The molecular formula is C12H20BrNO. The minimum Gasteiger partial charge on any atom is -0.339 e. The number of carbonyl (C=O) groups excluding carboxylic acids is 1. The Balaban J connectivity index is 1.95. The van der Waals surface area contributed by atoms with Gasteiger partial charge in [-0.05, 0) is 31.6 Å². The lowest BCUT2D eigenvalue weighted by molar-refractivity contribution is -0.129. The molecule has 2 nitrogen and oxygen atoms in total. The largest absolute Gasteiger partial charge is 0.339 e. The van der Waals surface area contributed by atoms with Gasteiger partial charge in [-0.25, -0.2) is 0 Å². The lowest BCUT2D eigenvalue weighted by atomic mass is 10.0. The summed E-state index contributed by atoms with van der Waals surface area (Å²) in [5.74, 6) is 1.18. The van der Waals surface area contributed by atoms with Crippen LogP contribution < -0.4 is 0 Å². The number of hydrogen-bond acceptors (Lipinski definition) is 1. The smallest absolute Gasteiger partial charge is 0.236 e. The maximum absolute atomic E-state index is 11.9. The lowest BCUT2D eigenvalue weighted by Crippen LogP contribution is -2.37. The summed E-state index contributed by atoms with van der Waals surface area (Å²) >= 11 is 3.45. The molecule has 0 N–H and O–H groups in total. The molecular weight excluding hydrogens is 254 g/mol. The van der Waals surface area contributed by atoms with Crippen molar-refractivity contribution in [2.24, 2.45) is 5.92 Å². The van der Waals surface area contributed by atoms with Crippen molar-refractivity contribution in [3.63, 3.8) is 0 Å². The van der Waals surface area contributed by atoms with Crippen molar-refractivity contribution in [1.82, 2.24) is 4.90 Å². The van der Waals surface area contributed by atoms with E-state index in [9.17, 15) is 4.79 Å². The summed E-state index contributed by atoms with van der Waals surface area (Å²) in [6.45, 7) is 3.30. The minimum atomic E-state index is 0.0955. The van der Waals surface area contributed by atoms with E-state index in [1.54, 1.807) is 0 Å². The first kappa shape index (κ1) is 11.4. The highest BCUT2D eigenvalue weighted by Crippen LogP contribution is 2.30. The molecule has 0 aromatic heterocycles. The molecule has 1 heterocycles. The molecule has 0 radical (unpaired) electrons. The van der Waals surface area contributed by atoms with Crippen molar-refractivity contribution in [1.29, 1.82) is 0 Å². The predicted octanol–water partition coefficient (Wildman–Crippen LogP) is 2.95. The molecule has 3 unspecified atom stereocenters. The molecule has 0 bridgehead atoms. The third-order valence-corrected chi connectivity index (χ3v) is 4.69. The summed E-state index contributed by atoms with van der Waals surface area (Å²) in [5, 5.41) is 0. The summed E-state index contributed by atoms with van der Waals surface area (Å²) in [6.07, 6.45) is 7.35. The number of amides is 1. The van der Waals surface area contributed by atoms with Gasteiger partial charge in [0, 0.05) is 12.6 Å². The molecule has 1 saturated carbocycles. The van der Waals surface area contributed by atoms with Crippen molar-refractivity contribution in [3.8, 4) is 0 Å². The van der Waals surface area contributed by atoms with E-state index in [1.165, 1.54) is 32.1 Å². The van der Waals surface area contributed by atoms with E-state index in [2.05, 4.69) is 27.8 Å². The molecule has 0 aromatic rings. The van der Waals surface area contributed by atoms with Gasteiger partial charge >= 0.3 is 0 Å². The highest BCUT2D eigenvalue weighted by Gasteiger charge is 2.34. The van der Waals surface area contributed by atoms with Crippen LogP contribution >= 0.6 is 15.9 Å². The van der Waals surface area contributed by atoms with Gasteiger partial charge in [0.15, 0.2) is 0 Å². The van der Waals surface area contributed by atoms with Gasteiger partial charge in [0.2, 0.25) is 5.91 Å². The zero-order valence-electron chi connectivity index (χ0n) is 9.42. The average molecular weight is 274 g/mol. The number of hydrogen-bond donors (Lipinski definition) is 0. The zero-order chi connectivity index (χ0) is 10.8. The van der Waals surface area contributed by atoms with Crippen LogP contribution in [-0.4, -0.2) is 28.2 Å². The van der Waals surface area contributed by atoms with Crippen molar-refractivity contribution < 1.29 is 4.79 Å². The third kappa shape index (κ3) is 2.55. The van der Waals surface area contributed by atoms with E-state index in [0.29, 0.717) is 11.9 Å². The quantitative estimate of drug-likeness (QED) is 0.532. The van der Waals surface area contributed by atoms with Crippen molar-refractivity contribution in [2.75, 3.05) is 6.54 Å². The molecule has 1 saturated heterocycles. The normalized spacial score (nSPS) is 38.1. The van der Waals surface area contributed by atoms with Crippen LogP contribution in [0.25, 0.3) is 0 Å². The summed E-state index contributed by atoms with van der Waals surface area (Å²) in [5.41, 5.74) is 0. The van der Waals surface area contributed by atoms with E-state index in [1.807, 2.05) is 0 Å². The van der Waals surface area contributed by atoms with E-state index in [4.69, 9.17) is 0 Å². The Morgan fingerprint density at radius 3 is 2.67 bits per heavy atom. The zero-order valence-corrected chi connectivity index (χ0v) is 11.0. The van der Waals surface area contributed by atoms with Crippen LogP contribution in [0, 0.1) is 5.92 Å². The van der Waals surface area contributed by atoms with Gasteiger partial charge in [-0.3, -0.25) is 4.79 Å². The Hall–Kier alpha value is -0.0500. The van der Waals surface area contributed by atoms with Crippen LogP contribution in [-0.2, 0) is 4.79 Å². The van der Waals surface area contributed by atoms with Gasteiger partial charge in [0.05, 0.1) is 4.83 Å². The molecule has 3 heteroatoms. The standard InChI is InChI=1S/C12H20BrNO/c1-9-3-2-4-10(6-5-9)14-8-7-11(13)12(14)15/h9-11H,2-8H2,1H3. The van der Waals surface area contributed by atoms with E-state index >= 15 is 0 Å². The molecule has 15 heavy (non-hydrogen) atoms. The summed E-state index contributed by atoms with van der Waals surface area (Å²) in [7, 11) is 0. The number of likely N-dealkylation sites (tertiary alicyclic amines) is 1. The van der Waals surface area contributed by atoms with E-state index < -0.39 is 0 Å². The monoisotopic (exact) mass is 273 g/mol. The van der Waals surface area contributed by atoms with Crippen LogP contribution in [0.5, 0.6) is 0 Å². The molecule has 2 fully saturated rings. The topological polar surface area (TPSA) is 20.3 Å². The van der Waals surface area contributed by atoms with Crippen LogP contribution in [0.4, 0.5) is 0 Å². The number of carbonyl (C=O) groups is 1. The molecule has 2 rings (SSSR count). The van der Waals surface area contributed by atoms with Gasteiger partial charge in [-0.2, -0.15) is 0 Å². The fourth-order valence-electron chi connectivity index (χ4n) is 2.81. The van der Waals surface area contributed by atoms with Crippen LogP contribution in [0.3, 0.4) is 0 Å². The Labute approximate surface area is 101 Å². The minimum absolute atomic E-state index is 0.0955.